The third-order valence-electron chi connectivity index (χ3n) is 2.94. The standard InChI is InChI=1S/C14H7F2NO2/c15-9-3-1-2-8(6-9)13-14(18)11-5-4-10(16)7-12(11)17(13)19/h1-7H. The van der Waals surface area contributed by atoms with Crippen LogP contribution in [0.25, 0.3) is 0 Å². The van der Waals surface area contributed by atoms with E-state index in [1.807, 2.05) is 0 Å². The number of rotatable bonds is 1. The van der Waals surface area contributed by atoms with E-state index in [2.05, 4.69) is 0 Å². The monoisotopic (exact) mass is 259 g/mol. The topological polar surface area (TPSA) is 43.1 Å². The van der Waals surface area contributed by atoms with E-state index in [4.69, 9.17) is 0 Å². The minimum absolute atomic E-state index is 0.0516. The summed E-state index contributed by atoms with van der Waals surface area (Å²) in [7, 11) is 0. The molecule has 0 N–H and O–H groups in total. The molecule has 5 heteroatoms. The average Bonchev–Trinajstić information content (AvgIpc) is 2.61. The van der Waals surface area contributed by atoms with Crippen molar-refractivity contribution in [1.29, 1.82) is 0 Å². The molecule has 0 aliphatic carbocycles. The molecule has 0 fully saturated rings. The number of carbonyl (C=O) groups is 1. The Bertz CT molecular complexity index is 738. The number of benzene rings is 2. The molecule has 0 amide bonds. The van der Waals surface area contributed by atoms with Gasteiger partial charge in [0.2, 0.25) is 5.69 Å². The van der Waals surface area contributed by atoms with Crippen LogP contribution in [-0.4, -0.2) is 16.2 Å². The van der Waals surface area contributed by atoms with Gasteiger partial charge in [-0.1, -0.05) is 6.07 Å². The fourth-order valence-corrected chi connectivity index (χ4v) is 2.09. The number of halogens is 2. The molecule has 3 rings (SSSR count). The molecule has 1 aliphatic rings. The van der Waals surface area contributed by atoms with Crippen LogP contribution >= 0.6 is 0 Å². The molecule has 0 atom stereocenters. The van der Waals surface area contributed by atoms with Gasteiger partial charge in [0.15, 0.2) is 0 Å². The zero-order valence-electron chi connectivity index (χ0n) is 9.56. The van der Waals surface area contributed by atoms with Gasteiger partial charge < -0.3 is 5.21 Å². The number of ketones is 1. The zero-order valence-corrected chi connectivity index (χ0v) is 9.56. The van der Waals surface area contributed by atoms with Gasteiger partial charge >= 0.3 is 0 Å². The molecule has 0 bridgehead atoms. The van der Waals surface area contributed by atoms with Crippen molar-refractivity contribution in [3.63, 3.8) is 0 Å². The number of hydrogen-bond acceptors (Lipinski definition) is 2. The van der Waals surface area contributed by atoms with Crippen LogP contribution in [-0.2, 0) is 0 Å². The van der Waals surface area contributed by atoms with Crippen molar-refractivity contribution in [1.82, 2.24) is 0 Å². The van der Waals surface area contributed by atoms with Crippen molar-refractivity contribution < 1.29 is 18.3 Å². The Hall–Kier alpha value is -2.56. The lowest BCUT2D eigenvalue weighted by Gasteiger charge is -2.01. The van der Waals surface area contributed by atoms with Gasteiger partial charge in [-0.15, -0.1) is 0 Å². The van der Waals surface area contributed by atoms with Crippen LogP contribution in [0.2, 0.25) is 0 Å². The van der Waals surface area contributed by atoms with Crippen LogP contribution < -0.4 is 0 Å². The smallest absolute Gasteiger partial charge is 0.273 e. The molecule has 1 heterocycles. The summed E-state index contributed by atoms with van der Waals surface area (Å²) in [6.07, 6.45) is 0. The molecule has 0 saturated heterocycles. The Kier molecular flexibility index (Phi) is 2.41. The normalized spacial score (nSPS) is 13.9. The third kappa shape index (κ3) is 1.71. The summed E-state index contributed by atoms with van der Waals surface area (Å²) < 4.78 is 26.6. The van der Waals surface area contributed by atoms with Crippen LogP contribution in [0.1, 0.15) is 15.9 Å². The Labute approximate surface area is 107 Å². The van der Waals surface area contributed by atoms with Crippen molar-refractivity contribution in [3.8, 4) is 0 Å². The summed E-state index contributed by atoms with van der Waals surface area (Å²) in [4.78, 5) is 12.1. The summed E-state index contributed by atoms with van der Waals surface area (Å²) in [5, 5.41) is 12.0. The summed E-state index contributed by atoms with van der Waals surface area (Å²) in [6, 6.07) is 8.54. The van der Waals surface area contributed by atoms with Gasteiger partial charge in [0.05, 0.1) is 5.56 Å². The number of Topliss-reactive ketones (excluding diaryl/α,β-unsaturated/α-hetero) is 1. The van der Waals surface area contributed by atoms with E-state index in [1.165, 1.54) is 24.3 Å². The predicted molar refractivity (Wildman–Crippen MR) is 64.5 cm³/mol. The summed E-state index contributed by atoms with van der Waals surface area (Å²) >= 11 is 0. The Morgan fingerprint density at radius 2 is 1.74 bits per heavy atom. The highest BCUT2D eigenvalue weighted by atomic mass is 19.1. The lowest BCUT2D eigenvalue weighted by Crippen LogP contribution is -2.16. The van der Waals surface area contributed by atoms with E-state index in [0.717, 1.165) is 18.2 Å². The Morgan fingerprint density at radius 1 is 1.00 bits per heavy atom. The number of hydrogen-bond donors (Lipinski definition) is 0. The minimum atomic E-state index is -0.604. The van der Waals surface area contributed by atoms with Gasteiger partial charge in [-0.25, -0.2) is 8.78 Å². The lowest BCUT2D eigenvalue weighted by molar-refractivity contribution is -0.355. The Balaban J connectivity index is 2.22. The van der Waals surface area contributed by atoms with Crippen molar-refractivity contribution in [3.05, 3.63) is 70.4 Å². The largest absolute Gasteiger partial charge is 0.618 e. The van der Waals surface area contributed by atoms with Gasteiger partial charge in [0, 0.05) is 6.07 Å². The molecule has 0 saturated carbocycles. The highest BCUT2D eigenvalue weighted by Crippen LogP contribution is 2.28. The first-order chi connectivity index (χ1) is 9.08. The van der Waals surface area contributed by atoms with Crippen LogP contribution in [0.4, 0.5) is 14.5 Å². The molecule has 0 unspecified atom stereocenters. The van der Waals surface area contributed by atoms with Gasteiger partial charge in [-0.3, -0.25) is 4.79 Å². The molecule has 0 radical (unpaired) electrons. The summed E-state index contributed by atoms with van der Waals surface area (Å²) in [6.45, 7) is 0. The van der Waals surface area contributed by atoms with E-state index in [-0.39, 0.29) is 22.5 Å². The van der Waals surface area contributed by atoms with Gasteiger partial charge in [-0.05, 0) is 30.3 Å². The molecular weight excluding hydrogens is 252 g/mol. The van der Waals surface area contributed by atoms with Crippen molar-refractivity contribution in [2.75, 3.05) is 0 Å². The number of fused-ring (bicyclic) bond motifs is 1. The van der Waals surface area contributed by atoms with E-state index < -0.39 is 17.4 Å². The molecule has 1 aliphatic heterocycles. The van der Waals surface area contributed by atoms with Gasteiger partial charge in [0.1, 0.15) is 17.2 Å². The second-order valence-electron chi connectivity index (χ2n) is 4.14. The SMILES string of the molecule is O=C1C(c2cccc(F)c2)=[N+]([O-])c2cc(F)ccc21. The quantitative estimate of drug-likeness (QED) is 0.583. The Morgan fingerprint density at radius 3 is 2.47 bits per heavy atom. The minimum Gasteiger partial charge on any atom is -0.618 e. The van der Waals surface area contributed by atoms with Crippen LogP contribution in [0.5, 0.6) is 0 Å². The highest BCUT2D eigenvalue weighted by molar-refractivity contribution is 6.52. The molecule has 2 aromatic carbocycles. The highest BCUT2D eigenvalue weighted by Gasteiger charge is 2.36. The van der Waals surface area contributed by atoms with Gasteiger partial charge in [0.25, 0.3) is 11.5 Å². The summed E-state index contributed by atoms with van der Waals surface area (Å²) in [5.74, 6) is -1.68. The van der Waals surface area contributed by atoms with Crippen molar-refractivity contribution in [2.45, 2.75) is 0 Å². The lowest BCUT2D eigenvalue weighted by atomic mass is 10.0. The van der Waals surface area contributed by atoms with Crippen LogP contribution in [0.3, 0.4) is 0 Å². The molecule has 3 nitrogen and oxygen atoms in total. The molecule has 2 aromatic rings. The first-order valence-electron chi connectivity index (χ1n) is 5.52. The molecular formula is C14H7F2NO2. The third-order valence-corrected chi connectivity index (χ3v) is 2.94. The van der Waals surface area contributed by atoms with E-state index >= 15 is 0 Å². The predicted octanol–water partition coefficient (Wildman–Crippen LogP) is 2.79. The van der Waals surface area contributed by atoms with Crippen LogP contribution in [0.15, 0.2) is 42.5 Å². The molecule has 19 heavy (non-hydrogen) atoms. The van der Waals surface area contributed by atoms with Crippen molar-refractivity contribution >= 4 is 17.2 Å². The maximum atomic E-state index is 13.2. The molecule has 94 valence electrons. The first-order valence-corrected chi connectivity index (χ1v) is 5.52. The number of nitrogens with zero attached hydrogens (tertiary/aromatic N) is 1. The second-order valence-corrected chi connectivity index (χ2v) is 4.14. The maximum Gasteiger partial charge on any atom is 0.273 e. The van der Waals surface area contributed by atoms with Crippen molar-refractivity contribution in [2.24, 2.45) is 0 Å². The summed E-state index contributed by atoms with van der Waals surface area (Å²) in [5.41, 5.74) is 0.0524. The van der Waals surface area contributed by atoms with E-state index in [0.29, 0.717) is 4.74 Å². The first kappa shape index (κ1) is 11.5. The number of carbonyl (C=O) groups excluding carboxylic acids is 1. The zero-order chi connectivity index (χ0) is 13.6. The molecule has 0 spiro atoms. The molecule has 0 aromatic heterocycles. The van der Waals surface area contributed by atoms with Gasteiger partial charge in [-0.2, -0.15) is 4.74 Å². The fourth-order valence-electron chi connectivity index (χ4n) is 2.09. The second kappa shape index (κ2) is 3.98. The van der Waals surface area contributed by atoms with E-state index in [1.54, 1.807) is 0 Å². The van der Waals surface area contributed by atoms with Crippen LogP contribution in [0, 0.1) is 16.8 Å². The maximum absolute atomic E-state index is 13.2. The van der Waals surface area contributed by atoms with E-state index in [9.17, 15) is 18.8 Å². The fraction of sp³-hybridized carbons (Fsp3) is 0. The average molecular weight is 259 g/mol.